The van der Waals surface area contributed by atoms with Crippen molar-refractivity contribution in [1.29, 1.82) is 0 Å². The predicted molar refractivity (Wildman–Crippen MR) is 76.8 cm³/mol. The molecule has 1 aromatic carbocycles. The van der Waals surface area contributed by atoms with E-state index in [1.807, 2.05) is 12.1 Å². The lowest BCUT2D eigenvalue weighted by Crippen LogP contribution is -2.37. The van der Waals surface area contributed by atoms with Gasteiger partial charge in [0.15, 0.2) is 0 Å². The van der Waals surface area contributed by atoms with Gasteiger partial charge in [-0.3, -0.25) is 0 Å². The quantitative estimate of drug-likeness (QED) is 0.852. The van der Waals surface area contributed by atoms with Gasteiger partial charge >= 0.3 is 6.09 Å². The van der Waals surface area contributed by atoms with E-state index in [9.17, 15) is 9.59 Å². The molecule has 1 amide bonds. The van der Waals surface area contributed by atoms with Gasteiger partial charge in [0.25, 0.3) is 0 Å². The van der Waals surface area contributed by atoms with Crippen LogP contribution in [0.4, 0.5) is 4.79 Å². The molecular formula is C15H18ClNO3. The van der Waals surface area contributed by atoms with E-state index in [2.05, 4.69) is 5.32 Å². The van der Waals surface area contributed by atoms with Crippen LogP contribution in [0.2, 0.25) is 5.02 Å². The first kappa shape index (κ1) is 14.9. The molecule has 1 unspecified atom stereocenters. The molecule has 1 aliphatic carbocycles. The van der Waals surface area contributed by atoms with E-state index < -0.39 is 17.7 Å². The lowest BCUT2D eigenvalue weighted by molar-refractivity contribution is -0.111. The van der Waals surface area contributed by atoms with Gasteiger partial charge in [0, 0.05) is 10.9 Å². The van der Waals surface area contributed by atoms with E-state index in [0.717, 1.165) is 17.4 Å². The highest BCUT2D eigenvalue weighted by Gasteiger charge is 2.35. The highest BCUT2D eigenvalue weighted by molar-refractivity contribution is 6.31. The fraction of sp³-hybridized carbons (Fsp3) is 0.467. The van der Waals surface area contributed by atoms with Crippen molar-refractivity contribution in [2.45, 2.75) is 38.8 Å². The Labute approximate surface area is 123 Å². The number of amides is 1. The fourth-order valence-electron chi connectivity index (χ4n) is 2.43. The Bertz CT molecular complexity index is 536. The van der Waals surface area contributed by atoms with Crippen molar-refractivity contribution in [2.75, 3.05) is 0 Å². The summed E-state index contributed by atoms with van der Waals surface area (Å²) in [6.45, 7) is 5.37. The van der Waals surface area contributed by atoms with Gasteiger partial charge in [-0.15, -0.1) is 0 Å². The molecule has 0 bridgehead atoms. The van der Waals surface area contributed by atoms with Crippen LogP contribution in [-0.4, -0.2) is 18.0 Å². The van der Waals surface area contributed by atoms with Crippen LogP contribution in [0.3, 0.4) is 0 Å². The van der Waals surface area contributed by atoms with Crippen LogP contribution in [0.1, 0.15) is 37.9 Å². The standard InChI is InChI=1S/C15H18ClNO3/c1-15(2,3)20-14(19)17-13-10(8-18)7-9-5-4-6-11(16)12(9)13/h4-6,8,10,13H,7H2,1-3H3,(H,17,19)/t10-,13?/m1/s1. The molecule has 0 heterocycles. The summed E-state index contributed by atoms with van der Waals surface area (Å²) in [7, 11) is 0. The van der Waals surface area contributed by atoms with E-state index in [-0.39, 0.29) is 5.92 Å². The topological polar surface area (TPSA) is 55.4 Å². The van der Waals surface area contributed by atoms with Crippen molar-refractivity contribution in [1.82, 2.24) is 5.32 Å². The third kappa shape index (κ3) is 3.12. The molecule has 1 aliphatic rings. The summed E-state index contributed by atoms with van der Waals surface area (Å²) in [5.41, 5.74) is 1.23. The highest BCUT2D eigenvalue weighted by atomic mass is 35.5. The van der Waals surface area contributed by atoms with Crippen LogP contribution in [-0.2, 0) is 16.0 Å². The van der Waals surface area contributed by atoms with Crippen LogP contribution >= 0.6 is 11.6 Å². The summed E-state index contributed by atoms with van der Waals surface area (Å²) in [6, 6.07) is 5.11. The Hall–Kier alpha value is -1.55. The summed E-state index contributed by atoms with van der Waals surface area (Å²) in [5, 5.41) is 3.32. The van der Waals surface area contributed by atoms with Crippen LogP contribution in [0.5, 0.6) is 0 Å². The molecule has 108 valence electrons. The normalized spacial score (nSPS) is 21.2. The number of hydrogen-bond acceptors (Lipinski definition) is 3. The molecule has 0 saturated carbocycles. The SMILES string of the molecule is CC(C)(C)OC(=O)NC1c2c(Cl)cccc2C[C@@H]1C=O. The van der Waals surface area contributed by atoms with Crippen molar-refractivity contribution < 1.29 is 14.3 Å². The fourth-order valence-corrected chi connectivity index (χ4v) is 2.75. The summed E-state index contributed by atoms with van der Waals surface area (Å²) in [5.74, 6) is -0.308. The smallest absolute Gasteiger partial charge is 0.408 e. The van der Waals surface area contributed by atoms with Gasteiger partial charge in [-0.05, 0) is 44.4 Å². The minimum absolute atomic E-state index is 0.308. The Morgan fingerprint density at radius 2 is 2.15 bits per heavy atom. The molecule has 5 heteroatoms. The second kappa shape index (κ2) is 5.44. The van der Waals surface area contributed by atoms with E-state index in [4.69, 9.17) is 16.3 Å². The van der Waals surface area contributed by atoms with Crippen molar-refractivity contribution in [2.24, 2.45) is 5.92 Å². The van der Waals surface area contributed by atoms with Gasteiger partial charge in [0.05, 0.1) is 6.04 Å². The monoisotopic (exact) mass is 295 g/mol. The molecule has 0 spiro atoms. The van der Waals surface area contributed by atoms with Gasteiger partial charge in [-0.1, -0.05) is 23.7 Å². The Morgan fingerprint density at radius 3 is 2.75 bits per heavy atom. The minimum atomic E-state index is -0.581. The zero-order chi connectivity index (χ0) is 14.9. The molecule has 4 nitrogen and oxygen atoms in total. The number of nitrogens with one attached hydrogen (secondary N) is 1. The van der Waals surface area contributed by atoms with Gasteiger partial charge < -0.3 is 14.8 Å². The maximum atomic E-state index is 11.9. The molecule has 1 aromatic rings. The van der Waals surface area contributed by atoms with Crippen LogP contribution in [0.15, 0.2) is 18.2 Å². The average molecular weight is 296 g/mol. The van der Waals surface area contributed by atoms with Crippen LogP contribution in [0.25, 0.3) is 0 Å². The Kier molecular flexibility index (Phi) is 4.04. The van der Waals surface area contributed by atoms with Crippen LogP contribution in [0, 0.1) is 5.92 Å². The maximum absolute atomic E-state index is 11.9. The second-order valence-electron chi connectivity index (χ2n) is 5.94. The number of rotatable bonds is 2. The minimum Gasteiger partial charge on any atom is -0.444 e. The molecule has 0 fully saturated rings. The molecule has 1 N–H and O–H groups in total. The second-order valence-corrected chi connectivity index (χ2v) is 6.35. The first-order valence-electron chi connectivity index (χ1n) is 6.54. The van der Waals surface area contributed by atoms with Crippen molar-refractivity contribution >= 4 is 24.0 Å². The Balaban J connectivity index is 2.22. The number of carbonyl (C=O) groups excluding carboxylic acids is 2. The van der Waals surface area contributed by atoms with Crippen LogP contribution < -0.4 is 5.32 Å². The molecule has 2 rings (SSSR count). The molecule has 2 atom stereocenters. The molecule has 0 aromatic heterocycles. The third-order valence-electron chi connectivity index (χ3n) is 3.19. The molecule has 0 saturated heterocycles. The molecule has 0 radical (unpaired) electrons. The number of benzene rings is 1. The van der Waals surface area contributed by atoms with Gasteiger partial charge in [-0.2, -0.15) is 0 Å². The number of aldehydes is 1. The highest BCUT2D eigenvalue weighted by Crippen LogP contribution is 2.39. The number of hydrogen-bond donors (Lipinski definition) is 1. The lowest BCUT2D eigenvalue weighted by atomic mass is 10.0. The van der Waals surface area contributed by atoms with E-state index in [0.29, 0.717) is 11.4 Å². The first-order valence-corrected chi connectivity index (χ1v) is 6.91. The number of ether oxygens (including phenoxy) is 1. The van der Waals surface area contributed by atoms with E-state index >= 15 is 0 Å². The molecular weight excluding hydrogens is 278 g/mol. The zero-order valence-corrected chi connectivity index (χ0v) is 12.5. The van der Waals surface area contributed by atoms with Gasteiger partial charge in [0.1, 0.15) is 11.9 Å². The average Bonchev–Trinajstić information content (AvgIpc) is 2.66. The largest absolute Gasteiger partial charge is 0.444 e. The Morgan fingerprint density at radius 1 is 1.45 bits per heavy atom. The van der Waals surface area contributed by atoms with E-state index in [1.54, 1.807) is 26.8 Å². The zero-order valence-electron chi connectivity index (χ0n) is 11.8. The summed E-state index contributed by atoms with van der Waals surface area (Å²) < 4.78 is 5.24. The summed E-state index contributed by atoms with van der Waals surface area (Å²) in [4.78, 5) is 23.1. The van der Waals surface area contributed by atoms with E-state index in [1.165, 1.54) is 0 Å². The lowest BCUT2D eigenvalue weighted by Gasteiger charge is -2.24. The predicted octanol–water partition coefficient (Wildman–Crippen LogP) is 3.28. The number of fused-ring (bicyclic) bond motifs is 1. The van der Waals surface area contributed by atoms with Crippen molar-refractivity contribution in [3.63, 3.8) is 0 Å². The number of alkyl carbamates (subject to hydrolysis) is 1. The van der Waals surface area contributed by atoms with Crippen molar-refractivity contribution in [3.8, 4) is 0 Å². The number of carbonyl (C=O) groups is 2. The molecule has 0 aliphatic heterocycles. The molecule has 20 heavy (non-hydrogen) atoms. The maximum Gasteiger partial charge on any atom is 0.408 e. The number of halogens is 1. The first-order chi connectivity index (χ1) is 9.31. The third-order valence-corrected chi connectivity index (χ3v) is 3.51. The van der Waals surface area contributed by atoms with Gasteiger partial charge in [-0.25, -0.2) is 4.79 Å². The van der Waals surface area contributed by atoms with Crippen molar-refractivity contribution in [3.05, 3.63) is 34.3 Å². The summed E-state index contributed by atoms with van der Waals surface area (Å²) in [6.07, 6.45) is 0.903. The van der Waals surface area contributed by atoms with Gasteiger partial charge in [0.2, 0.25) is 0 Å². The summed E-state index contributed by atoms with van der Waals surface area (Å²) >= 11 is 6.20.